The van der Waals surface area contributed by atoms with Gasteiger partial charge in [0.25, 0.3) is 0 Å². The van der Waals surface area contributed by atoms with E-state index in [1.165, 1.54) is 11.1 Å². The van der Waals surface area contributed by atoms with Crippen LogP contribution in [0.1, 0.15) is 37.8 Å². The minimum Gasteiger partial charge on any atom is -0.463 e. The molecule has 0 amide bonds. The van der Waals surface area contributed by atoms with Crippen molar-refractivity contribution >= 4 is 11.5 Å². The van der Waals surface area contributed by atoms with Gasteiger partial charge in [0.15, 0.2) is 0 Å². The third kappa shape index (κ3) is 2.41. The SMILES string of the molecule is CCOC(=O)C1=C(C)c2ccccc2CCC1. The molecule has 0 aliphatic heterocycles. The number of esters is 1. The number of fused-ring (bicyclic) bond motifs is 1. The van der Waals surface area contributed by atoms with Crippen LogP contribution in [0, 0.1) is 0 Å². The Kier molecular flexibility index (Phi) is 3.62. The number of allylic oxidation sites excluding steroid dienone is 1. The monoisotopic (exact) mass is 230 g/mol. The molecule has 1 aliphatic rings. The first-order valence-corrected chi connectivity index (χ1v) is 6.19. The van der Waals surface area contributed by atoms with Gasteiger partial charge in [0, 0.05) is 5.57 Å². The second-order valence-electron chi connectivity index (χ2n) is 4.33. The van der Waals surface area contributed by atoms with E-state index in [1.807, 2.05) is 19.9 Å². The molecule has 1 aromatic rings. The minimum atomic E-state index is -0.151. The highest BCUT2D eigenvalue weighted by Crippen LogP contribution is 2.30. The van der Waals surface area contributed by atoms with E-state index in [-0.39, 0.29) is 5.97 Å². The minimum absolute atomic E-state index is 0.151. The summed E-state index contributed by atoms with van der Waals surface area (Å²) in [6.45, 7) is 4.31. The maximum Gasteiger partial charge on any atom is 0.334 e. The van der Waals surface area contributed by atoms with Crippen molar-refractivity contribution in [3.8, 4) is 0 Å². The van der Waals surface area contributed by atoms with E-state index in [0.29, 0.717) is 6.61 Å². The van der Waals surface area contributed by atoms with Gasteiger partial charge in [0.2, 0.25) is 0 Å². The Balaban J connectivity index is 2.42. The lowest BCUT2D eigenvalue weighted by Gasteiger charge is -2.09. The summed E-state index contributed by atoms with van der Waals surface area (Å²) in [4.78, 5) is 11.9. The fraction of sp³-hybridized carbons (Fsp3) is 0.400. The Hall–Kier alpha value is -1.57. The Bertz CT molecular complexity index is 458. The zero-order chi connectivity index (χ0) is 12.3. The van der Waals surface area contributed by atoms with E-state index in [2.05, 4.69) is 18.2 Å². The number of aryl methyl sites for hydroxylation is 1. The molecule has 1 aliphatic carbocycles. The zero-order valence-electron chi connectivity index (χ0n) is 10.5. The molecule has 2 nitrogen and oxygen atoms in total. The van der Waals surface area contributed by atoms with Crippen LogP contribution in [0.5, 0.6) is 0 Å². The molecule has 0 atom stereocenters. The lowest BCUT2D eigenvalue weighted by Crippen LogP contribution is -2.08. The molecule has 0 spiro atoms. The molecule has 0 saturated heterocycles. The third-order valence-corrected chi connectivity index (χ3v) is 3.27. The second kappa shape index (κ2) is 5.17. The highest BCUT2D eigenvalue weighted by molar-refractivity contribution is 5.97. The van der Waals surface area contributed by atoms with Crippen LogP contribution in [0.15, 0.2) is 29.8 Å². The predicted octanol–water partition coefficient (Wildman–Crippen LogP) is 3.36. The lowest BCUT2D eigenvalue weighted by atomic mass is 9.98. The molecule has 0 radical (unpaired) electrons. The maximum absolute atomic E-state index is 11.9. The number of carbonyl (C=O) groups is 1. The number of hydrogen-bond donors (Lipinski definition) is 0. The van der Waals surface area contributed by atoms with Crippen molar-refractivity contribution < 1.29 is 9.53 Å². The van der Waals surface area contributed by atoms with Gasteiger partial charge in [0.05, 0.1) is 6.61 Å². The Morgan fingerprint density at radius 3 is 2.82 bits per heavy atom. The van der Waals surface area contributed by atoms with Crippen LogP contribution in [0.4, 0.5) is 0 Å². The van der Waals surface area contributed by atoms with E-state index < -0.39 is 0 Å². The van der Waals surface area contributed by atoms with Crippen LogP contribution in [0.25, 0.3) is 5.57 Å². The normalized spacial score (nSPS) is 15.2. The van der Waals surface area contributed by atoms with Crippen LogP contribution >= 0.6 is 0 Å². The molecular weight excluding hydrogens is 212 g/mol. The van der Waals surface area contributed by atoms with Crippen LogP contribution in [0.2, 0.25) is 0 Å². The van der Waals surface area contributed by atoms with Crippen LogP contribution in [-0.4, -0.2) is 12.6 Å². The second-order valence-corrected chi connectivity index (χ2v) is 4.33. The average Bonchev–Trinajstić information content (AvgIpc) is 2.50. The Morgan fingerprint density at radius 1 is 1.29 bits per heavy atom. The van der Waals surface area contributed by atoms with Crippen molar-refractivity contribution in [2.45, 2.75) is 33.1 Å². The smallest absolute Gasteiger partial charge is 0.334 e. The van der Waals surface area contributed by atoms with Gasteiger partial charge in [-0.3, -0.25) is 0 Å². The molecule has 0 saturated carbocycles. The van der Waals surface area contributed by atoms with Gasteiger partial charge in [-0.2, -0.15) is 0 Å². The molecule has 0 bridgehead atoms. The first-order valence-electron chi connectivity index (χ1n) is 6.19. The summed E-state index contributed by atoms with van der Waals surface area (Å²) < 4.78 is 5.13. The van der Waals surface area contributed by atoms with E-state index in [1.54, 1.807) is 0 Å². The highest BCUT2D eigenvalue weighted by Gasteiger charge is 2.19. The summed E-state index contributed by atoms with van der Waals surface area (Å²) in [7, 11) is 0. The van der Waals surface area contributed by atoms with E-state index in [9.17, 15) is 4.79 Å². The summed E-state index contributed by atoms with van der Waals surface area (Å²) in [5, 5.41) is 0. The molecule has 90 valence electrons. The lowest BCUT2D eigenvalue weighted by molar-refractivity contribution is -0.138. The molecule has 0 heterocycles. The quantitative estimate of drug-likeness (QED) is 0.728. The van der Waals surface area contributed by atoms with Gasteiger partial charge in [-0.1, -0.05) is 24.3 Å². The predicted molar refractivity (Wildman–Crippen MR) is 68.6 cm³/mol. The van der Waals surface area contributed by atoms with Gasteiger partial charge in [0.1, 0.15) is 0 Å². The summed E-state index contributed by atoms with van der Waals surface area (Å²) in [5.74, 6) is -0.151. The zero-order valence-corrected chi connectivity index (χ0v) is 10.5. The highest BCUT2D eigenvalue weighted by atomic mass is 16.5. The Morgan fingerprint density at radius 2 is 2.06 bits per heavy atom. The topological polar surface area (TPSA) is 26.3 Å². The molecule has 0 N–H and O–H groups in total. The first kappa shape index (κ1) is 11.9. The average molecular weight is 230 g/mol. The number of hydrogen-bond acceptors (Lipinski definition) is 2. The molecule has 2 heteroatoms. The van der Waals surface area contributed by atoms with Crippen molar-refractivity contribution in [1.82, 2.24) is 0 Å². The van der Waals surface area contributed by atoms with Gasteiger partial charge < -0.3 is 4.74 Å². The molecule has 0 fully saturated rings. The molecule has 0 unspecified atom stereocenters. The Labute approximate surface area is 102 Å². The molecular formula is C15H18O2. The van der Waals surface area contributed by atoms with Gasteiger partial charge in [-0.05, 0) is 49.8 Å². The fourth-order valence-corrected chi connectivity index (χ4v) is 2.38. The van der Waals surface area contributed by atoms with Crippen LogP contribution in [-0.2, 0) is 16.0 Å². The summed E-state index contributed by atoms with van der Waals surface area (Å²) in [6.07, 6.45) is 2.87. The molecule has 17 heavy (non-hydrogen) atoms. The van der Waals surface area contributed by atoms with Crippen molar-refractivity contribution in [2.75, 3.05) is 6.61 Å². The summed E-state index contributed by atoms with van der Waals surface area (Å²) >= 11 is 0. The van der Waals surface area contributed by atoms with Crippen LogP contribution in [0.3, 0.4) is 0 Å². The van der Waals surface area contributed by atoms with Crippen molar-refractivity contribution in [2.24, 2.45) is 0 Å². The van der Waals surface area contributed by atoms with E-state index >= 15 is 0 Å². The van der Waals surface area contributed by atoms with Gasteiger partial charge in [-0.15, -0.1) is 0 Å². The fourth-order valence-electron chi connectivity index (χ4n) is 2.38. The number of benzene rings is 1. The number of carbonyl (C=O) groups excluding carboxylic acids is 1. The standard InChI is InChI=1S/C15H18O2/c1-3-17-15(16)14-10-6-8-12-7-4-5-9-13(12)11(14)2/h4-5,7,9H,3,6,8,10H2,1-2H3. The first-order chi connectivity index (χ1) is 8.24. The van der Waals surface area contributed by atoms with E-state index in [4.69, 9.17) is 4.74 Å². The van der Waals surface area contributed by atoms with Crippen LogP contribution < -0.4 is 0 Å². The van der Waals surface area contributed by atoms with Crippen molar-refractivity contribution in [3.05, 3.63) is 41.0 Å². The molecule has 1 aromatic carbocycles. The van der Waals surface area contributed by atoms with Crippen molar-refractivity contribution in [1.29, 1.82) is 0 Å². The number of rotatable bonds is 2. The van der Waals surface area contributed by atoms with Gasteiger partial charge >= 0.3 is 5.97 Å². The maximum atomic E-state index is 11.9. The number of ether oxygens (including phenoxy) is 1. The molecule has 2 rings (SSSR count). The third-order valence-electron chi connectivity index (χ3n) is 3.27. The summed E-state index contributed by atoms with van der Waals surface area (Å²) in [6, 6.07) is 8.32. The van der Waals surface area contributed by atoms with Gasteiger partial charge in [-0.25, -0.2) is 4.79 Å². The summed E-state index contributed by atoms with van der Waals surface area (Å²) in [5.41, 5.74) is 4.46. The molecule has 0 aromatic heterocycles. The van der Waals surface area contributed by atoms with Crippen molar-refractivity contribution in [3.63, 3.8) is 0 Å². The van der Waals surface area contributed by atoms with E-state index in [0.717, 1.165) is 30.4 Å². The largest absolute Gasteiger partial charge is 0.463 e.